The van der Waals surface area contributed by atoms with Crippen LogP contribution in [0.3, 0.4) is 0 Å². The summed E-state index contributed by atoms with van der Waals surface area (Å²) in [5.74, 6) is -0.204. The van der Waals surface area contributed by atoms with Crippen LogP contribution in [0.15, 0.2) is 23.1 Å². The minimum Gasteiger partial charge on any atom is -0.352 e. The lowest BCUT2D eigenvalue weighted by Gasteiger charge is -2.22. The molecule has 1 atom stereocenters. The third kappa shape index (κ3) is 4.73. The lowest BCUT2D eigenvalue weighted by atomic mass is 9.99. The van der Waals surface area contributed by atoms with Crippen LogP contribution in [0.5, 0.6) is 0 Å². The highest BCUT2D eigenvalue weighted by atomic mass is 32.2. The highest BCUT2D eigenvalue weighted by Crippen LogP contribution is 2.21. The van der Waals surface area contributed by atoms with E-state index in [2.05, 4.69) is 10.6 Å². The molecule has 1 fully saturated rings. The molecule has 0 saturated carbocycles. The van der Waals surface area contributed by atoms with Gasteiger partial charge in [0, 0.05) is 30.5 Å². The first kappa shape index (κ1) is 17.4. The van der Waals surface area contributed by atoms with Crippen LogP contribution in [0, 0.1) is 16.0 Å². The molecule has 1 heterocycles. The molecule has 2 rings (SSSR count). The van der Waals surface area contributed by atoms with Crippen LogP contribution in [0.4, 0.5) is 5.69 Å². The van der Waals surface area contributed by atoms with Crippen molar-refractivity contribution in [1.82, 2.24) is 10.6 Å². The fraction of sp³-hybridized carbons (Fsp3) is 0.500. The van der Waals surface area contributed by atoms with E-state index in [1.807, 2.05) is 0 Å². The smallest absolute Gasteiger partial charge is 0.271 e. The molecule has 1 aromatic rings. The molecule has 8 nitrogen and oxygen atoms in total. The van der Waals surface area contributed by atoms with Gasteiger partial charge in [0.2, 0.25) is 0 Å². The molecule has 0 spiro atoms. The fourth-order valence-corrected chi connectivity index (χ4v) is 3.15. The van der Waals surface area contributed by atoms with E-state index < -0.39 is 26.4 Å². The summed E-state index contributed by atoms with van der Waals surface area (Å²) in [7, 11) is -3.64. The van der Waals surface area contributed by atoms with E-state index in [1.165, 1.54) is 0 Å². The summed E-state index contributed by atoms with van der Waals surface area (Å²) in [6.07, 6.45) is 2.98. The molecule has 2 N–H and O–H groups in total. The lowest BCUT2D eigenvalue weighted by Crippen LogP contribution is -2.38. The Bertz CT molecular complexity index is 711. The molecule has 9 heteroatoms. The van der Waals surface area contributed by atoms with E-state index in [0.29, 0.717) is 12.5 Å². The van der Waals surface area contributed by atoms with Crippen LogP contribution in [-0.2, 0) is 9.84 Å². The summed E-state index contributed by atoms with van der Waals surface area (Å²) < 4.78 is 23.3. The summed E-state index contributed by atoms with van der Waals surface area (Å²) in [6.45, 7) is 2.22. The Labute approximate surface area is 134 Å². The number of benzene rings is 1. The molecule has 0 bridgehead atoms. The van der Waals surface area contributed by atoms with Crippen molar-refractivity contribution in [3.63, 3.8) is 0 Å². The maximum atomic E-state index is 12.2. The Morgan fingerprint density at radius 2 is 2.17 bits per heavy atom. The molecule has 126 valence electrons. The minimum absolute atomic E-state index is 0.0246. The molecule has 1 aromatic carbocycles. The summed E-state index contributed by atoms with van der Waals surface area (Å²) >= 11 is 0. The third-order valence-corrected chi connectivity index (χ3v) is 4.83. The van der Waals surface area contributed by atoms with Crippen LogP contribution < -0.4 is 10.6 Å². The van der Waals surface area contributed by atoms with Gasteiger partial charge in [-0.05, 0) is 37.9 Å². The lowest BCUT2D eigenvalue weighted by molar-refractivity contribution is -0.385. The van der Waals surface area contributed by atoms with Gasteiger partial charge in [0.1, 0.15) is 0 Å². The van der Waals surface area contributed by atoms with Crippen molar-refractivity contribution >= 4 is 21.4 Å². The molecule has 1 saturated heterocycles. The van der Waals surface area contributed by atoms with Crippen LogP contribution >= 0.6 is 0 Å². The Hall–Kier alpha value is -2.00. The standard InChI is InChI=1S/C14H19N3O5S/c1-23(21,22)13-6-11(5-12(7-13)17(19)20)14(18)16-9-10-3-2-4-15-8-10/h5-7,10,15H,2-4,8-9H2,1H3,(H,16,18). The highest BCUT2D eigenvalue weighted by molar-refractivity contribution is 7.90. The minimum atomic E-state index is -3.64. The first-order chi connectivity index (χ1) is 10.8. The molecule has 1 aliphatic rings. The number of nitro groups is 1. The second-order valence-electron chi connectivity index (χ2n) is 5.67. The van der Waals surface area contributed by atoms with Gasteiger partial charge in [-0.3, -0.25) is 14.9 Å². The van der Waals surface area contributed by atoms with Gasteiger partial charge < -0.3 is 10.6 Å². The summed E-state index contributed by atoms with van der Waals surface area (Å²) in [4.78, 5) is 22.2. The molecular formula is C14H19N3O5S. The normalized spacial score (nSPS) is 18.4. The number of piperidine rings is 1. The van der Waals surface area contributed by atoms with Gasteiger partial charge in [0.05, 0.1) is 9.82 Å². The van der Waals surface area contributed by atoms with E-state index in [9.17, 15) is 23.3 Å². The SMILES string of the molecule is CS(=O)(=O)c1cc(C(=O)NCC2CCCNC2)cc([N+](=O)[O-])c1. The maximum absolute atomic E-state index is 12.2. The molecule has 1 amide bonds. The molecule has 1 aliphatic heterocycles. The van der Waals surface area contributed by atoms with Gasteiger partial charge in [0.15, 0.2) is 9.84 Å². The zero-order valence-corrected chi connectivity index (χ0v) is 13.6. The molecule has 23 heavy (non-hydrogen) atoms. The largest absolute Gasteiger partial charge is 0.352 e. The van der Waals surface area contributed by atoms with E-state index in [0.717, 1.165) is 50.4 Å². The Balaban J connectivity index is 2.18. The second kappa shape index (κ2) is 7.05. The van der Waals surface area contributed by atoms with Crippen molar-refractivity contribution in [2.75, 3.05) is 25.9 Å². The highest BCUT2D eigenvalue weighted by Gasteiger charge is 2.20. The van der Waals surface area contributed by atoms with Gasteiger partial charge in [-0.25, -0.2) is 8.42 Å². The molecule has 0 aliphatic carbocycles. The topological polar surface area (TPSA) is 118 Å². The first-order valence-electron chi connectivity index (χ1n) is 7.26. The molecular weight excluding hydrogens is 322 g/mol. The Kier molecular flexibility index (Phi) is 5.32. The molecule has 0 aromatic heterocycles. The van der Waals surface area contributed by atoms with E-state index in [-0.39, 0.29) is 10.5 Å². The van der Waals surface area contributed by atoms with Gasteiger partial charge in [-0.1, -0.05) is 0 Å². The van der Waals surface area contributed by atoms with E-state index in [4.69, 9.17) is 0 Å². The van der Waals surface area contributed by atoms with Crippen LogP contribution in [0.25, 0.3) is 0 Å². The quantitative estimate of drug-likeness (QED) is 0.602. The van der Waals surface area contributed by atoms with Gasteiger partial charge in [0.25, 0.3) is 11.6 Å². The number of sulfone groups is 1. The number of carbonyl (C=O) groups excluding carboxylic acids is 1. The number of nitrogens with zero attached hydrogens (tertiary/aromatic N) is 1. The number of hydrogen-bond acceptors (Lipinski definition) is 6. The maximum Gasteiger partial charge on any atom is 0.271 e. The zero-order valence-electron chi connectivity index (χ0n) is 12.7. The van der Waals surface area contributed by atoms with Crippen molar-refractivity contribution in [3.05, 3.63) is 33.9 Å². The predicted octanol–water partition coefficient (Wildman–Crippen LogP) is 0.728. The third-order valence-electron chi connectivity index (χ3n) is 3.74. The van der Waals surface area contributed by atoms with Crippen molar-refractivity contribution in [2.45, 2.75) is 17.7 Å². The second-order valence-corrected chi connectivity index (χ2v) is 7.68. The molecule has 0 radical (unpaired) electrons. The summed E-state index contributed by atoms with van der Waals surface area (Å²) in [6, 6.07) is 3.21. The van der Waals surface area contributed by atoms with Crippen LogP contribution in [-0.4, -0.2) is 45.1 Å². The number of hydrogen-bond donors (Lipinski definition) is 2. The number of amides is 1. The number of non-ortho nitro benzene ring substituents is 1. The zero-order chi connectivity index (χ0) is 17.0. The number of rotatable bonds is 5. The monoisotopic (exact) mass is 341 g/mol. The van der Waals surface area contributed by atoms with Gasteiger partial charge in [-0.15, -0.1) is 0 Å². The average molecular weight is 341 g/mol. The fourth-order valence-electron chi connectivity index (χ4n) is 2.47. The Morgan fingerprint density at radius 1 is 1.43 bits per heavy atom. The van der Waals surface area contributed by atoms with Gasteiger partial charge >= 0.3 is 0 Å². The molecule has 1 unspecified atom stereocenters. The van der Waals surface area contributed by atoms with Crippen molar-refractivity contribution in [2.24, 2.45) is 5.92 Å². The number of nitro benzene ring substituents is 1. The summed E-state index contributed by atoms with van der Waals surface area (Å²) in [5, 5.41) is 16.9. The van der Waals surface area contributed by atoms with E-state index >= 15 is 0 Å². The number of nitrogens with one attached hydrogen (secondary N) is 2. The van der Waals surface area contributed by atoms with E-state index in [1.54, 1.807) is 0 Å². The van der Waals surface area contributed by atoms with Gasteiger partial charge in [-0.2, -0.15) is 0 Å². The predicted molar refractivity (Wildman–Crippen MR) is 84.1 cm³/mol. The Morgan fingerprint density at radius 3 is 2.74 bits per heavy atom. The van der Waals surface area contributed by atoms with Crippen molar-refractivity contribution < 1.29 is 18.1 Å². The van der Waals surface area contributed by atoms with Crippen molar-refractivity contribution in [3.8, 4) is 0 Å². The average Bonchev–Trinajstić information content (AvgIpc) is 2.52. The summed E-state index contributed by atoms with van der Waals surface area (Å²) in [5.41, 5.74) is -0.444. The number of carbonyl (C=O) groups is 1. The van der Waals surface area contributed by atoms with Crippen LogP contribution in [0.2, 0.25) is 0 Å². The van der Waals surface area contributed by atoms with Crippen molar-refractivity contribution in [1.29, 1.82) is 0 Å². The first-order valence-corrected chi connectivity index (χ1v) is 9.15. The van der Waals surface area contributed by atoms with Crippen LogP contribution in [0.1, 0.15) is 23.2 Å².